The Balaban J connectivity index is 0.00000117. The summed E-state index contributed by atoms with van der Waals surface area (Å²) in [6, 6.07) is 9.81. The molecular formula is C19H20NO5S-. The van der Waals surface area contributed by atoms with E-state index in [1.54, 1.807) is 31.2 Å². The molecule has 0 aromatic heterocycles. The first kappa shape index (κ1) is 19.8. The summed E-state index contributed by atoms with van der Waals surface area (Å²) in [5, 5.41) is 9.64. The minimum absolute atomic E-state index is 0.0679. The van der Waals surface area contributed by atoms with Crippen LogP contribution in [0.15, 0.2) is 42.5 Å². The highest BCUT2D eigenvalue weighted by molar-refractivity contribution is 7.79. The Morgan fingerprint density at radius 3 is 2.35 bits per heavy atom. The second kappa shape index (κ2) is 8.25. The molecule has 0 spiro atoms. The van der Waals surface area contributed by atoms with E-state index in [1.165, 1.54) is 18.2 Å². The number of aryl methyl sites for hydroxylation is 1. The second-order valence-corrected chi connectivity index (χ2v) is 6.55. The van der Waals surface area contributed by atoms with Crippen molar-refractivity contribution in [2.24, 2.45) is 0 Å². The summed E-state index contributed by atoms with van der Waals surface area (Å²) in [6.45, 7) is 5.81. The van der Waals surface area contributed by atoms with Gasteiger partial charge in [0.15, 0.2) is 0 Å². The van der Waals surface area contributed by atoms with Gasteiger partial charge in [0, 0.05) is 5.75 Å². The van der Waals surface area contributed by atoms with Crippen LogP contribution in [0.2, 0.25) is 0 Å². The molecule has 0 fully saturated rings. The summed E-state index contributed by atoms with van der Waals surface area (Å²) >= 11 is -2.48. The van der Waals surface area contributed by atoms with Gasteiger partial charge in [-0.15, -0.1) is 0 Å². The Kier molecular flexibility index (Phi) is 6.28. The van der Waals surface area contributed by atoms with Crippen LogP contribution in [-0.2, 0) is 11.1 Å². The predicted molar refractivity (Wildman–Crippen MR) is 97.7 cm³/mol. The lowest BCUT2D eigenvalue weighted by atomic mass is 10.1. The molecule has 26 heavy (non-hydrogen) atoms. The van der Waals surface area contributed by atoms with E-state index in [-0.39, 0.29) is 16.9 Å². The Bertz CT molecular complexity index is 865. The smallest absolute Gasteiger partial charge is 0.262 e. The zero-order chi connectivity index (χ0) is 19.4. The van der Waals surface area contributed by atoms with E-state index in [0.29, 0.717) is 5.56 Å². The van der Waals surface area contributed by atoms with Crippen LogP contribution in [0.5, 0.6) is 5.75 Å². The fraction of sp³-hybridized carbons (Fsp3) is 0.263. The van der Waals surface area contributed by atoms with Crippen molar-refractivity contribution in [2.45, 2.75) is 26.8 Å². The van der Waals surface area contributed by atoms with Crippen molar-refractivity contribution in [3.63, 3.8) is 0 Å². The van der Waals surface area contributed by atoms with Crippen LogP contribution in [0.1, 0.15) is 51.7 Å². The highest BCUT2D eigenvalue weighted by Crippen LogP contribution is 2.33. The lowest BCUT2D eigenvalue weighted by Crippen LogP contribution is -2.37. The Morgan fingerprint density at radius 2 is 1.73 bits per heavy atom. The van der Waals surface area contributed by atoms with Gasteiger partial charge in [-0.3, -0.25) is 18.7 Å². The number of carbonyl (C=O) groups is 2. The number of carbonyl (C=O) groups excluding carboxylic acids is 2. The van der Waals surface area contributed by atoms with Crippen molar-refractivity contribution in [3.05, 3.63) is 64.7 Å². The number of rotatable bonds is 4. The van der Waals surface area contributed by atoms with Gasteiger partial charge in [-0.1, -0.05) is 48.7 Å². The number of benzene rings is 2. The first-order chi connectivity index (χ1) is 12.4. The molecular weight excluding hydrogens is 354 g/mol. The first-order valence-electron chi connectivity index (χ1n) is 8.22. The third-order valence-corrected chi connectivity index (χ3v) is 4.52. The van der Waals surface area contributed by atoms with Crippen molar-refractivity contribution in [2.75, 3.05) is 5.75 Å². The number of phenols is 1. The molecule has 1 aliphatic heterocycles. The molecule has 0 radical (unpaired) electrons. The summed E-state index contributed by atoms with van der Waals surface area (Å²) < 4.78 is 22.5. The number of aromatic hydroxyl groups is 1. The topological polar surface area (TPSA) is 97.7 Å². The van der Waals surface area contributed by atoms with E-state index in [2.05, 4.69) is 0 Å². The van der Waals surface area contributed by atoms with E-state index in [9.17, 15) is 23.5 Å². The lowest BCUT2D eigenvalue weighted by molar-refractivity contribution is 0.0597. The van der Waals surface area contributed by atoms with Crippen LogP contribution in [0, 0.1) is 6.92 Å². The average Bonchev–Trinajstić information content (AvgIpc) is 2.85. The van der Waals surface area contributed by atoms with Crippen molar-refractivity contribution in [1.29, 1.82) is 0 Å². The molecule has 1 aliphatic rings. The van der Waals surface area contributed by atoms with Gasteiger partial charge >= 0.3 is 0 Å². The van der Waals surface area contributed by atoms with Crippen LogP contribution in [-0.4, -0.2) is 36.3 Å². The third-order valence-electron chi connectivity index (χ3n) is 3.93. The Morgan fingerprint density at radius 1 is 1.08 bits per heavy atom. The lowest BCUT2D eigenvalue weighted by Gasteiger charge is -2.27. The van der Waals surface area contributed by atoms with E-state index >= 15 is 0 Å². The molecule has 6 nitrogen and oxygen atoms in total. The number of phenolic OH excluding ortho intramolecular Hbond substituents is 1. The average molecular weight is 374 g/mol. The molecule has 0 aliphatic carbocycles. The number of fused-ring (bicyclic) bond motifs is 1. The molecule has 0 saturated carbocycles. The zero-order valence-corrected chi connectivity index (χ0v) is 15.6. The van der Waals surface area contributed by atoms with Crippen molar-refractivity contribution in [1.82, 2.24) is 4.90 Å². The SMILES string of the molecule is CC.Cc1ccc2c(c1)C(=O)N(C(CS(=O)[O-])c1cccc(O)c1)C2=O. The Hall–Kier alpha value is -2.51. The van der Waals surface area contributed by atoms with E-state index in [0.717, 1.165) is 10.5 Å². The molecule has 2 atom stereocenters. The van der Waals surface area contributed by atoms with Gasteiger partial charge < -0.3 is 9.66 Å². The van der Waals surface area contributed by atoms with E-state index < -0.39 is 34.7 Å². The molecule has 138 valence electrons. The van der Waals surface area contributed by atoms with Crippen molar-refractivity contribution < 1.29 is 23.5 Å². The zero-order valence-electron chi connectivity index (χ0n) is 14.8. The maximum Gasteiger partial charge on any atom is 0.262 e. The standard InChI is InChI=1S/C17H15NO5S.C2H6/c1-10-5-6-13-14(7-10)17(21)18(16(13)20)15(9-24(22)23)11-3-2-4-12(19)8-11;1-2/h2-8,15,19H,9H2,1H3,(H,22,23);1-2H3/p-1. The molecule has 3 rings (SSSR count). The summed E-state index contributed by atoms with van der Waals surface area (Å²) in [4.78, 5) is 26.3. The maximum atomic E-state index is 12.7. The molecule has 2 aromatic carbocycles. The molecule has 0 saturated heterocycles. The van der Waals surface area contributed by atoms with Gasteiger partial charge in [-0.05, 0) is 36.8 Å². The summed E-state index contributed by atoms with van der Waals surface area (Å²) in [5.74, 6) is -1.57. The number of imide groups is 1. The molecule has 2 amide bonds. The van der Waals surface area contributed by atoms with Crippen LogP contribution in [0.25, 0.3) is 0 Å². The molecule has 2 unspecified atom stereocenters. The maximum absolute atomic E-state index is 12.7. The first-order valence-corrected chi connectivity index (χ1v) is 9.46. The quantitative estimate of drug-likeness (QED) is 0.655. The number of nitrogens with zero attached hydrogens (tertiary/aromatic N) is 1. The minimum atomic E-state index is -2.48. The van der Waals surface area contributed by atoms with Gasteiger partial charge in [-0.2, -0.15) is 0 Å². The van der Waals surface area contributed by atoms with Gasteiger partial charge in [-0.25, -0.2) is 0 Å². The highest BCUT2D eigenvalue weighted by atomic mass is 32.2. The van der Waals surface area contributed by atoms with Gasteiger partial charge in [0.25, 0.3) is 11.8 Å². The molecule has 0 bridgehead atoms. The minimum Gasteiger partial charge on any atom is -0.772 e. The van der Waals surface area contributed by atoms with Crippen molar-refractivity contribution >= 4 is 22.9 Å². The molecule has 7 heteroatoms. The van der Waals surface area contributed by atoms with E-state index in [4.69, 9.17) is 0 Å². The van der Waals surface area contributed by atoms with Gasteiger partial charge in [0.05, 0.1) is 17.2 Å². The van der Waals surface area contributed by atoms with Gasteiger partial charge in [0.1, 0.15) is 5.75 Å². The summed E-state index contributed by atoms with van der Waals surface area (Å²) in [5.41, 5.74) is 1.73. The van der Waals surface area contributed by atoms with Crippen LogP contribution in [0.4, 0.5) is 0 Å². The fourth-order valence-corrected chi connectivity index (χ4v) is 3.44. The van der Waals surface area contributed by atoms with Crippen LogP contribution < -0.4 is 0 Å². The molecule has 1 N–H and O–H groups in total. The monoisotopic (exact) mass is 374 g/mol. The van der Waals surface area contributed by atoms with E-state index in [1.807, 2.05) is 13.8 Å². The number of hydrogen-bond acceptors (Lipinski definition) is 5. The van der Waals surface area contributed by atoms with Gasteiger partial charge in [0.2, 0.25) is 0 Å². The second-order valence-electron chi connectivity index (χ2n) is 5.61. The molecule has 2 aromatic rings. The molecule has 1 heterocycles. The third kappa shape index (κ3) is 3.84. The number of amides is 2. The highest BCUT2D eigenvalue weighted by Gasteiger charge is 2.40. The fourth-order valence-electron chi connectivity index (χ4n) is 2.84. The normalized spacial score (nSPS) is 15.2. The Labute approximate surface area is 154 Å². The van der Waals surface area contributed by atoms with Crippen LogP contribution in [0.3, 0.4) is 0 Å². The summed E-state index contributed by atoms with van der Waals surface area (Å²) in [7, 11) is 0. The van der Waals surface area contributed by atoms with Crippen LogP contribution >= 0.6 is 0 Å². The largest absolute Gasteiger partial charge is 0.772 e. The summed E-state index contributed by atoms with van der Waals surface area (Å²) in [6.07, 6.45) is 0. The number of hydrogen-bond donors (Lipinski definition) is 1. The predicted octanol–water partition coefficient (Wildman–Crippen LogP) is 2.94. The van der Waals surface area contributed by atoms with Crippen molar-refractivity contribution in [3.8, 4) is 5.75 Å².